The molecule has 1 aromatic heterocycles. The summed E-state index contributed by atoms with van der Waals surface area (Å²) in [6, 6.07) is 16.3. The molecule has 1 atom stereocenters. The van der Waals surface area contributed by atoms with Crippen LogP contribution in [0.15, 0.2) is 59.5 Å². The first-order valence-corrected chi connectivity index (χ1v) is 9.95. The van der Waals surface area contributed by atoms with Gasteiger partial charge in [0.1, 0.15) is 0 Å². The van der Waals surface area contributed by atoms with E-state index in [4.69, 9.17) is 0 Å². The number of hydrogen-bond donors (Lipinski definition) is 1. The van der Waals surface area contributed by atoms with Crippen molar-refractivity contribution in [2.45, 2.75) is 33.0 Å². The van der Waals surface area contributed by atoms with Crippen LogP contribution < -0.4 is 10.9 Å². The van der Waals surface area contributed by atoms with E-state index in [1.165, 1.54) is 6.20 Å². The largest absolute Gasteiger partial charge is 0.304 e. The van der Waals surface area contributed by atoms with Gasteiger partial charge in [0.15, 0.2) is 0 Å². The minimum atomic E-state index is -0.0719. The normalized spacial score (nSPS) is 12.0. The van der Waals surface area contributed by atoms with Crippen molar-refractivity contribution in [3.8, 4) is 11.8 Å². The van der Waals surface area contributed by atoms with Crippen molar-refractivity contribution in [1.29, 1.82) is 0 Å². The first-order chi connectivity index (χ1) is 14.0. The molecule has 0 fully saturated rings. The molecule has 0 aliphatic heterocycles. The van der Waals surface area contributed by atoms with E-state index in [1.54, 1.807) is 4.57 Å². The van der Waals surface area contributed by atoms with Crippen molar-refractivity contribution in [2.24, 2.45) is 0 Å². The zero-order valence-corrected chi connectivity index (χ0v) is 17.4. The molecule has 0 spiro atoms. The molecule has 1 N–H and O–H groups in total. The molecule has 5 nitrogen and oxygen atoms in total. The Morgan fingerprint density at radius 3 is 2.79 bits per heavy atom. The van der Waals surface area contributed by atoms with Crippen LogP contribution in [0.25, 0.3) is 11.0 Å². The lowest BCUT2D eigenvalue weighted by Crippen LogP contribution is -2.34. The smallest absolute Gasteiger partial charge is 0.270 e. The summed E-state index contributed by atoms with van der Waals surface area (Å²) in [5.74, 6) is 6.32. The molecule has 0 saturated carbocycles. The van der Waals surface area contributed by atoms with Gasteiger partial charge in [-0.05, 0) is 57.1 Å². The average Bonchev–Trinajstić information content (AvgIpc) is 2.72. The van der Waals surface area contributed by atoms with Crippen LogP contribution in [0, 0.1) is 18.8 Å². The zero-order valence-electron chi connectivity index (χ0n) is 17.4. The number of fused-ring (bicyclic) bond motifs is 1. The first-order valence-electron chi connectivity index (χ1n) is 9.95. The van der Waals surface area contributed by atoms with Crippen molar-refractivity contribution >= 4 is 11.0 Å². The van der Waals surface area contributed by atoms with E-state index < -0.39 is 0 Å². The Kier molecular flexibility index (Phi) is 7.18. The maximum absolute atomic E-state index is 12.4. The summed E-state index contributed by atoms with van der Waals surface area (Å²) >= 11 is 0. The summed E-state index contributed by atoms with van der Waals surface area (Å²) in [5.41, 5.74) is 3.81. The molecule has 0 radical (unpaired) electrons. The molecule has 0 aliphatic carbocycles. The zero-order chi connectivity index (χ0) is 20.6. The molecule has 0 saturated heterocycles. The lowest BCUT2D eigenvalue weighted by Gasteiger charge is -2.21. The van der Waals surface area contributed by atoms with Crippen molar-refractivity contribution in [3.05, 3.63) is 76.2 Å². The Hall–Kier alpha value is -2.94. The summed E-state index contributed by atoms with van der Waals surface area (Å²) in [6.45, 7) is 6.27. The van der Waals surface area contributed by atoms with Crippen LogP contribution in [0.2, 0.25) is 0 Å². The van der Waals surface area contributed by atoms with E-state index >= 15 is 0 Å². The van der Waals surface area contributed by atoms with Gasteiger partial charge < -0.3 is 5.32 Å². The van der Waals surface area contributed by atoms with E-state index in [0.29, 0.717) is 19.3 Å². The second-order valence-corrected chi connectivity index (χ2v) is 7.48. The summed E-state index contributed by atoms with van der Waals surface area (Å²) < 4.78 is 1.79. The second kappa shape index (κ2) is 10.0. The molecular formula is C24H28N4O. The standard InChI is InChI=1S/C24H28N4O/c1-19-11-12-22-23(16-19)28(24(29)17-26-22)18-27(3)15-13-20(2)25-14-7-10-21-8-5-4-6-9-21/h4-6,8-9,11-12,16-17,20,25H,13-15,18H2,1-3H3. The van der Waals surface area contributed by atoms with Crippen molar-refractivity contribution in [2.75, 3.05) is 20.1 Å². The molecule has 3 rings (SSSR count). The number of nitrogens with zero attached hydrogens (tertiary/aromatic N) is 3. The number of hydrogen-bond acceptors (Lipinski definition) is 4. The number of rotatable bonds is 7. The summed E-state index contributed by atoms with van der Waals surface area (Å²) in [7, 11) is 2.04. The summed E-state index contributed by atoms with van der Waals surface area (Å²) in [6.07, 6.45) is 2.38. The molecule has 5 heteroatoms. The highest BCUT2D eigenvalue weighted by Crippen LogP contribution is 2.12. The maximum atomic E-state index is 12.4. The lowest BCUT2D eigenvalue weighted by molar-refractivity contribution is 0.255. The average molecular weight is 389 g/mol. The molecular weight excluding hydrogens is 360 g/mol. The maximum Gasteiger partial charge on any atom is 0.270 e. The molecule has 0 amide bonds. The van der Waals surface area contributed by atoms with Gasteiger partial charge in [-0.3, -0.25) is 14.3 Å². The highest BCUT2D eigenvalue weighted by molar-refractivity contribution is 5.75. The molecule has 0 aliphatic rings. The van der Waals surface area contributed by atoms with Crippen LogP contribution in [0.3, 0.4) is 0 Å². The van der Waals surface area contributed by atoms with Crippen LogP contribution in [-0.4, -0.2) is 40.6 Å². The molecule has 0 bridgehead atoms. The summed E-state index contributed by atoms with van der Waals surface area (Å²) in [5, 5.41) is 3.44. The van der Waals surface area contributed by atoms with E-state index in [1.807, 2.05) is 62.5 Å². The highest BCUT2D eigenvalue weighted by atomic mass is 16.1. The predicted molar refractivity (Wildman–Crippen MR) is 119 cm³/mol. The van der Waals surface area contributed by atoms with E-state index in [2.05, 4.69) is 34.0 Å². The lowest BCUT2D eigenvalue weighted by atomic mass is 10.2. The fraction of sp³-hybridized carbons (Fsp3) is 0.333. The minimum absolute atomic E-state index is 0.0719. The molecule has 150 valence electrons. The van der Waals surface area contributed by atoms with Crippen molar-refractivity contribution in [3.63, 3.8) is 0 Å². The van der Waals surface area contributed by atoms with Gasteiger partial charge in [-0.2, -0.15) is 0 Å². The van der Waals surface area contributed by atoms with Crippen LogP contribution in [0.4, 0.5) is 0 Å². The fourth-order valence-electron chi connectivity index (χ4n) is 3.14. The topological polar surface area (TPSA) is 50.2 Å². The molecule has 3 aromatic rings. The monoisotopic (exact) mass is 388 g/mol. The van der Waals surface area contributed by atoms with Crippen LogP contribution in [0.1, 0.15) is 24.5 Å². The molecule has 1 heterocycles. The first kappa shape index (κ1) is 20.8. The van der Waals surface area contributed by atoms with Crippen LogP contribution in [0.5, 0.6) is 0 Å². The molecule has 2 aromatic carbocycles. The Morgan fingerprint density at radius 1 is 1.21 bits per heavy atom. The van der Waals surface area contributed by atoms with Crippen LogP contribution >= 0.6 is 0 Å². The quantitative estimate of drug-likeness (QED) is 0.632. The Balaban J connectivity index is 1.51. The number of aromatic nitrogens is 2. The predicted octanol–water partition coefficient (Wildman–Crippen LogP) is 3.01. The Labute approximate surface area is 172 Å². The van der Waals surface area contributed by atoms with Gasteiger partial charge in [0.2, 0.25) is 0 Å². The number of aryl methyl sites for hydroxylation is 1. The van der Waals surface area contributed by atoms with Crippen molar-refractivity contribution < 1.29 is 0 Å². The highest BCUT2D eigenvalue weighted by Gasteiger charge is 2.09. The second-order valence-electron chi connectivity index (χ2n) is 7.48. The van der Waals surface area contributed by atoms with Gasteiger partial charge in [-0.25, -0.2) is 4.98 Å². The van der Waals surface area contributed by atoms with Gasteiger partial charge in [0.05, 0.1) is 30.4 Å². The Morgan fingerprint density at radius 2 is 2.00 bits per heavy atom. The third kappa shape index (κ3) is 6.02. The van der Waals surface area contributed by atoms with E-state index in [9.17, 15) is 4.79 Å². The number of nitrogens with one attached hydrogen (secondary N) is 1. The van der Waals surface area contributed by atoms with Crippen molar-refractivity contribution in [1.82, 2.24) is 19.8 Å². The molecule has 1 unspecified atom stereocenters. The SMILES string of the molecule is Cc1ccc2ncc(=O)n(CN(C)CCC(C)NCC#Cc3ccccc3)c2c1. The minimum Gasteiger partial charge on any atom is -0.304 e. The van der Waals surface area contributed by atoms with E-state index in [-0.39, 0.29) is 5.56 Å². The van der Waals surface area contributed by atoms with E-state index in [0.717, 1.165) is 35.1 Å². The Bertz CT molecular complexity index is 1060. The van der Waals surface area contributed by atoms with Crippen LogP contribution in [-0.2, 0) is 6.67 Å². The summed E-state index contributed by atoms with van der Waals surface area (Å²) in [4.78, 5) is 18.8. The van der Waals surface area contributed by atoms with Gasteiger partial charge in [-0.15, -0.1) is 0 Å². The number of benzene rings is 2. The van der Waals surface area contributed by atoms with Gasteiger partial charge >= 0.3 is 0 Å². The van der Waals surface area contributed by atoms with Gasteiger partial charge in [0.25, 0.3) is 5.56 Å². The fourth-order valence-corrected chi connectivity index (χ4v) is 3.14. The van der Waals surface area contributed by atoms with Gasteiger partial charge in [0, 0.05) is 18.2 Å². The van der Waals surface area contributed by atoms with Gasteiger partial charge in [-0.1, -0.05) is 36.1 Å². The molecule has 29 heavy (non-hydrogen) atoms. The third-order valence-electron chi connectivity index (χ3n) is 4.87. The third-order valence-corrected chi connectivity index (χ3v) is 4.87.